The van der Waals surface area contributed by atoms with Crippen molar-refractivity contribution in [3.05, 3.63) is 52.6 Å². The number of hydrogen-bond acceptors (Lipinski definition) is 10. The molecule has 0 aromatic heterocycles. The zero-order valence-corrected chi connectivity index (χ0v) is 19.1. The summed E-state index contributed by atoms with van der Waals surface area (Å²) in [5.41, 5.74) is -8.21. The van der Waals surface area contributed by atoms with Crippen LogP contribution in [0.3, 0.4) is 0 Å². The van der Waals surface area contributed by atoms with Gasteiger partial charge in [-0.05, 0) is 32.4 Å². The summed E-state index contributed by atoms with van der Waals surface area (Å²) in [4.78, 5) is 41.0. The van der Waals surface area contributed by atoms with Crippen LogP contribution in [0.2, 0.25) is 0 Å². The highest BCUT2D eigenvalue weighted by atomic mass is 16.7. The van der Waals surface area contributed by atoms with Crippen LogP contribution in [0.5, 0.6) is 5.75 Å². The summed E-state index contributed by atoms with van der Waals surface area (Å²) in [6.07, 6.45) is -2.75. The van der Waals surface area contributed by atoms with Gasteiger partial charge in [0, 0.05) is 24.0 Å². The van der Waals surface area contributed by atoms with Crippen molar-refractivity contribution in [1.29, 1.82) is 0 Å². The number of phenolic OH excluding ortho intramolecular Hbond substituents is 1. The first-order valence-electron chi connectivity index (χ1n) is 11.4. The van der Waals surface area contributed by atoms with E-state index in [2.05, 4.69) is 0 Å². The number of ketones is 3. The second kappa shape index (κ2) is 7.63. The van der Waals surface area contributed by atoms with Crippen molar-refractivity contribution in [1.82, 2.24) is 0 Å². The number of fused-ring (bicyclic) bond motifs is 3. The lowest BCUT2D eigenvalue weighted by Crippen LogP contribution is -2.75. The van der Waals surface area contributed by atoms with Crippen molar-refractivity contribution < 1.29 is 49.4 Å². The number of ether oxygens (including phenoxy) is 2. The lowest BCUT2D eigenvalue weighted by molar-refractivity contribution is -0.289. The number of phenols is 1. The maximum Gasteiger partial charge on any atom is 0.204 e. The van der Waals surface area contributed by atoms with Crippen LogP contribution in [-0.4, -0.2) is 84.3 Å². The van der Waals surface area contributed by atoms with E-state index in [-0.39, 0.29) is 29.5 Å². The molecule has 5 N–H and O–H groups in total. The first kappa shape index (κ1) is 24.0. The highest BCUT2D eigenvalue weighted by Gasteiger charge is 2.71. The number of allylic oxidation sites excluding steroid dienone is 2. The summed E-state index contributed by atoms with van der Waals surface area (Å²) in [5, 5.41) is 53.6. The fraction of sp³-hybridized carbons (Fsp3) is 0.480. The fourth-order valence-electron chi connectivity index (χ4n) is 5.62. The van der Waals surface area contributed by atoms with Gasteiger partial charge in [0.15, 0.2) is 23.5 Å². The average molecular weight is 486 g/mol. The Bertz CT molecular complexity index is 1210. The van der Waals surface area contributed by atoms with Gasteiger partial charge < -0.3 is 35.0 Å². The monoisotopic (exact) mass is 486 g/mol. The van der Waals surface area contributed by atoms with E-state index in [9.17, 15) is 39.9 Å². The normalized spacial score (nSPS) is 40.9. The highest BCUT2D eigenvalue weighted by Crippen LogP contribution is 2.54. The quantitative estimate of drug-likeness (QED) is 0.386. The number of aliphatic hydroxyl groups excluding tert-OH is 2. The standard InChI is InChI=1S/C25H26O10/c1-11-14(26)6-7-16(34-11)35-25-18-13(19(28)17-12(20(18)29)4-3-5-15(17)27)8-9-24(25,33)10-23(2,32)21(30)22(25)31/h3-5,8-9,11,14,16,21,26-27,30,32-33H,6-7,10H2,1-2H3/t11-,14+,16-,21+,23+,24+,25-/m0/s1. The van der Waals surface area contributed by atoms with Crippen LogP contribution in [0.15, 0.2) is 41.5 Å². The van der Waals surface area contributed by atoms with Crippen LogP contribution >= 0.6 is 0 Å². The van der Waals surface area contributed by atoms with Crippen molar-refractivity contribution in [2.75, 3.05) is 0 Å². The Hall–Kier alpha value is -2.73. The lowest BCUT2D eigenvalue weighted by Gasteiger charge is -2.56. The molecule has 1 aliphatic heterocycles. The van der Waals surface area contributed by atoms with Crippen molar-refractivity contribution in [3.63, 3.8) is 0 Å². The van der Waals surface area contributed by atoms with Gasteiger partial charge in [0.25, 0.3) is 0 Å². The largest absolute Gasteiger partial charge is 0.507 e. The molecule has 4 aliphatic rings. The molecule has 1 saturated heterocycles. The Morgan fingerprint density at radius 1 is 1.09 bits per heavy atom. The van der Waals surface area contributed by atoms with Gasteiger partial charge in [0.2, 0.25) is 5.78 Å². The molecule has 0 spiro atoms. The predicted molar refractivity (Wildman–Crippen MR) is 118 cm³/mol. The Labute approximate surface area is 200 Å². The third-order valence-electron chi connectivity index (χ3n) is 7.47. The molecule has 35 heavy (non-hydrogen) atoms. The summed E-state index contributed by atoms with van der Waals surface area (Å²) in [6, 6.07) is 3.92. The van der Waals surface area contributed by atoms with E-state index >= 15 is 0 Å². The van der Waals surface area contributed by atoms with E-state index < -0.39 is 76.5 Å². The van der Waals surface area contributed by atoms with E-state index in [1.807, 2.05) is 0 Å². The van der Waals surface area contributed by atoms with Crippen LogP contribution in [0.25, 0.3) is 0 Å². The molecule has 1 saturated carbocycles. The van der Waals surface area contributed by atoms with Crippen molar-refractivity contribution >= 4 is 17.3 Å². The molecule has 10 nitrogen and oxygen atoms in total. The van der Waals surface area contributed by atoms with Crippen LogP contribution < -0.4 is 0 Å². The van der Waals surface area contributed by atoms with Gasteiger partial charge in [-0.25, -0.2) is 0 Å². The SMILES string of the molecule is C[C@@H]1O[C@@H](O[C@@]23C(=O)[C@@H](O)[C@](C)(O)C[C@]2(O)C=CC2=C3C(=O)c3cccc(O)c3C2=O)CC[C@H]1O. The van der Waals surface area contributed by atoms with Crippen LogP contribution in [0.4, 0.5) is 0 Å². The first-order valence-corrected chi connectivity index (χ1v) is 11.4. The van der Waals surface area contributed by atoms with Gasteiger partial charge in [-0.2, -0.15) is 0 Å². The van der Waals surface area contributed by atoms with E-state index in [1.54, 1.807) is 6.92 Å². The maximum atomic E-state index is 13.8. The number of aliphatic hydroxyl groups is 4. The molecule has 0 bridgehead atoms. The third kappa shape index (κ3) is 3.15. The molecule has 1 aromatic carbocycles. The summed E-state index contributed by atoms with van der Waals surface area (Å²) >= 11 is 0. The third-order valence-corrected chi connectivity index (χ3v) is 7.47. The number of benzene rings is 1. The topological polar surface area (TPSA) is 171 Å². The van der Waals surface area contributed by atoms with Crippen molar-refractivity contribution in [2.24, 2.45) is 0 Å². The minimum Gasteiger partial charge on any atom is -0.507 e. The molecule has 10 heteroatoms. The molecule has 0 unspecified atom stereocenters. The lowest BCUT2D eigenvalue weighted by atomic mass is 9.56. The van der Waals surface area contributed by atoms with E-state index in [4.69, 9.17) is 9.47 Å². The molecule has 7 atom stereocenters. The minimum absolute atomic E-state index is 0.0922. The van der Waals surface area contributed by atoms with Crippen LogP contribution in [0, 0.1) is 0 Å². The van der Waals surface area contributed by atoms with Crippen LogP contribution in [-0.2, 0) is 14.3 Å². The molecule has 1 aromatic rings. The Balaban J connectivity index is 1.74. The zero-order chi connectivity index (χ0) is 25.5. The highest BCUT2D eigenvalue weighted by molar-refractivity contribution is 6.32. The number of carbonyl (C=O) groups excluding carboxylic acids is 3. The Morgan fingerprint density at radius 2 is 1.80 bits per heavy atom. The number of carbonyl (C=O) groups is 3. The van der Waals surface area contributed by atoms with Crippen LogP contribution in [0.1, 0.15) is 53.8 Å². The van der Waals surface area contributed by atoms with Gasteiger partial charge in [-0.3, -0.25) is 14.4 Å². The number of rotatable bonds is 2. The molecule has 2 fully saturated rings. The maximum absolute atomic E-state index is 13.8. The van der Waals surface area contributed by atoms with Gasteiger partial charge in [0.05, 0.1) is 28.9 Å². The fourth-order valence-corrected chi connectivity index (χ4v) is 5.62. The number of hydrogen-bond donors (Lipinski definition) is 5. The van der Waals surface area contributed by atoms with E-state index in [0.29, 0.717) is 0 Å². The van der Waals surface area contributed by atoms with Gasteiger partial charge in [-0.1, -0.05) is 18.2 Å². The number of aromatic hydroxyl groups is 1. The summed E-state index contributed by atoms with van der Waals surface area (Å²) in [5.74, 6) is -3.24. The average Bonchev–Trinajstić information content (AvgIpc) is 2.79. The molecule has 5 rings (SSSR count). The van der Waals surface area contributed by atoms with Gasteiger partial charge in [0.1, 0.15) is 17.5 Å². The molecule has 186 valence electrons. The zero-order valence-electron chi connectivity index (χ0n) is 19.1. The summed E-state index contributed by atoms with van der Waals surface area (Å²) < 4.78 is 11.8. The first-order chi connectivity index (χ1) is 16.3. The molecule has 3 aliphatic carbocycles. The number of Topliss-reactive ketones (excluding diaryl/α,β-unsaturated/α-hetero) is 3. The second-order valence-electron chi connectivity index (χ2n) is 9.92. The van der Waals surface area contributed by atoms with Gasteiger partial charge in [-0.15, -0.1) is 0 Å². The van der Waals surface area contributed by atoms with Crippen molar-refractivity contribution in [2.45, 2.75) is 74.5 Å². The minimum atomic E-state index is -2.60. The Morgan fingerprint density at radius 3 is 2.49 bits per heavy atom. The van der Waals surface area contributed by atoms with Crippen molar-refractivity contribution in [3.8, 4) is 5.75 Å². The molecule has 1 heterocycles. The van der Waals surface area contributed by atoms with E-state index in [0.717, 1.165) is 6.08 Å². The van der Waals surface area contributed by atoms with Gasteiger partial charge >= 0.3 is 0 Å². The molecular formula is C25H26O10. The summed E-state index contributed by atoms with van der Waals surface area (Å²) in [6.45, 7) is 2.76. The van der Waals surface area contributed by atoms with E-state index in [1.165, 1.54) is 31.2 Å². The predicted octanol–water partition coefficient (Wildman–Crippen LogP) is 0.0947. The molecule has 0 radical (unpaired) electrons. The molecule has 0 amide bonds. The second-order valence-corrected chi connectivity index (χ2v) is 9.92. The smallest absolute Gasteiger partial charge is 0.204 e. The molecular weight excluding hydrogens is 460 g/mol. The Kier molecular flexibility index (Phi) is 5.23. The summed E-state index contributed by atoms with van der Waals surface area (Å²) in [7, 11) is 0.